The van der Waals surface area contributed by atoms with Crippen molar-refractivity contribution in [1.29, 1.82) is 0 Å². The minimum absolute atomic E-state index is 0.149. The summed E-state index contributed by atoms with van der Waals surface area (Å²) in [7, 11) is 0. The molecule has 0 amide bonds. The van der Waals surface area contributed by atoms with E-state index in [4.69, 9.17) is 4.74 Å². The number of carboxylic acids is 1. The van der Waals surface area contributed by atoms with Crippen molar-refractivity contribution in [3.63, 3.8) is 0 Å². The summed E-state index contributed by atoms with van der Waals surface area (Å²) in [4.78, 5) is 25.2. The fraction of sp³-hybridized carbons (Fsp3) is 0.895. The van der Waals surface area contributed by atoms with Crippen LogP contribution >= 0.6 is 0 Å². The summed E-state index contributed by atoms with van der Waals surface area (Å²) in [5, 5.41) is 20.8. The Hall–Kier alpha value is -1.10. The van der Waals surface area contributed by atoms with E-state index in [9.17, 15) is 19.8 Å². The Morgan fingerprint density at radius 3 is 2.71 bits per heavy atom. The molecule has 5 fully saturated rings. The SMILES string of the molecule is C[C@H]1C[C@]23C[C@H]1CCC2[C@]12CC[C@H](O)[C@](C)(C(=O)O1)[C@H]2[C@@H]3C(=O)O. The molecular formula is C19H26O5. The van der Waals surface area contributed by atoms with Gasteiger partial charge in [0.15, 0.2) is 0 Å². The van der Waals surface area contributed by atoms with Crippen LogP contribution in [-0.2, 0) is 14.3 Å². The van der Waals surface area contributed by atoms with Gasteiger partial charge in [-0.25, -0.2) is 0 Å². The smallest absolute Gasteiger partial charge is 0.315 e. The number of esters is 1. The van der Waals surface area contributed by atoms with E-state index in [0.29, 0.717) is 24.7 Å². The normalized spacial score (nSPS) is 60.5. The second-order valence-electron chi connectivity index (χ2n) is 9.48. The third-order valence-corrected chi connectivity index (χ3v) is 8.87. The van der Waals surface area contributed by atoms with Crippen LogP contribution < -0.4 is 0 Å². The molecule has 4 bridgehead atoms. The van der Waals surface area contributed by atoms with Crippen LogP contribution in [0.15, 0.2) is 0 Å². The molecule has 5 nitrogen and oxygen atoms in total. The van der Waals surface area contributed by atoms with Crippen LogP contribution in [0.25, 0.3) is 0 Å². The lowest BCUT2D eigenvalue weighted by Crippen LogP contribution is -2.53. The second kappa shape index (κ2) is 4.17. The van der Waals surface area contributed by atoms with Crippen LogP contribution in [0.5, 0.6) is 0 Å². The Labute approximate surface area is 141 Å². The van der Waals surface area contributed by atoms with Crippen LogP contribution in [0.2, 0.25) is 0 Å². The van der Waals surface area contributed by atoms with Gasteiger partial charge in [-0.05, 0) is 62.7 Å². The summed E-state index contributed by atoms with van der Waals surface area (Å²) in [6.07, 6.45) is 4.34. The van der Waals surface area contributed by atoms with Crippen molar-refractivity contribution in [3.05, 3.63) is 0 Å². The number of rotatable bonds is 1. The molecule has 0 aromatic carbocycles. The molecule has 1 saturated heterocycles. The predicted molar refractivity (Wildman–Crippen MR) is 83.8 cm³/mol. The highest BCUT2D eigenvalue weighted by Gasteiger charge is 2.83. The number of ether oxygens (including phenoxy) is 1. The van der Waals surface area contributed by atoms with Crippen molar-refractivity contribution in [2.24, 2.45) is 40.4 Å². The summed E-state index contributed by atoms with van der Waals surface area (Å²) in [6.45, 7) is 4.01. The maximum Gasteiger partial charge on any atom is 0.315 e. The molecule has 4 aliphatic carbocycles. The molecule has 4 saturated carbocycles. The summed E-state index contributed by atoms with van der Waals surface area (Å²) < 4.78 is 6.04. The first-order chi connectivity index (χ1) is 11.3. The first-order valence-corrected chi connectivity index (χ1v) is 9.41. The molecule has 1 spiro atoms. The van der Waals surface area contributed by atoms with E-state index in [0.717, 1.165) is 25.7 Å². The average Bonchev–Trinajstić information content (AvgIpc) is 2.98. The highest BCUT2D eigenvalue weighted by molar-refractivity contribution is 5.85. The Morgan fingerprint density at radius 2 is 2.00 bits per heavy atom. The fourth-order valence-corrected chi connectivity index (χ4v) is 8.08. The minimum Gasteiger partial charge on any atom is -0.481 e. The van der Waals surface area contributed by atoms with E-state index in [1.54, 1.807) is 6.92 Å². The van der Waals surface area contributed by atoms with Crippen LogP contribution in [0.1, 0.15) is 52.4 Å². The summed E-state index contributed by atoms with van der Waals surface area (Å²) in [5.41, 5.74) is -1.96. The van der Waals surface area contributed by atoms with E-state index in [-0.39, 0.29) is 23.2 Å². The lowest BCUT2D eigenvalue weighted by Gasteiger charge is -2.44. The highest BCUT2D eigenvalue weighted by Crippen LogP contribution is 2.77. The van der Waals surface area contributed by atoms with Crippen molar-refractivity contribution in [1.82, 2.24) is 0 Å². The zero-order valence-corrected chi connectivity index (χ0v) is 14.3. The molecule has 2 N–H and O–H groups in total. The molecule has 1 heterocycles. The van der Waals surface area contributed by atoms with Crippen molar-refractivity contribution in [3.8, 4) is 0 Å². The monoisotopic (exact) mass is 334 g/mol. The largest absolute Gasteiger partial charge is 0.481 e. The number of carbonyl (C=O) groups excluding carboxylic acids is 1. The number of fused-ring (bicyclic) bond motifs is 1. The lowest BCUT2D eigenvalue weighted by atomic mass is 9.59. The van der Waals surface area contributed by atoms with Gasteiger partial charge < -0.3 is 14.9 Å². The van der Waals surface area contributed by atoms with Gasteiger partial charge in [0.1, 0.15) is 5.60 Å². The van der Waals surface area contributed by atoms with Gasteiger partial charge in [-0.3, -0.25) is 9.59 Å². The lowest BCUT2D eigenvalue weighted by molar-refractivity contribution is -0.162. The summed E-state index contributed by atoms with van der Waals surface area (Å²) in [6, 6.07) is 0. The van der Waals surface area contributed by atoms with Gasteiger partial charge in [0.2, 0.25) is 0 Å². The zero-order valence-electron chi connectivity index (χ0n) is 14.3. The molecule has 5 heteroatoms. The quantitative estimate of drug-likeness (QED) is 0.718. The number of hydrogen-bond acceptors (Lipinski definition) is 4. The van der Waals surface area contributed by atoms with Gasteiger partial charge in [-0.2, -0.15) is 0 Å². The first kappa shape index (κ1) is 15.2. The molecule has 0 aromatic rings. The number of aliphatic carboxylic acids is 1. The average molecular weight is 334 g/mol. The van der Waals surface area contributed by atoms with Gasteiger partial charge in [-0.1, -0.05) is 6.92 Å². The van der Waals surface area contributed by atoms with Crippen LogP contribution in [0.4, 0.5) is 0 Å². The highest BCUT2D eigenvalue weighted by atomic mass is 16.6. The third kappa shape index (κ3) is 1.33. The number of aliphatic hydroxyl groups excluding tert-OH is 1. The maximum atomic E-state index is 12.7. The number of hydrogen-bond donors (Lipinski definition) is 2. The molecule has 24 heavy (non-hydrogen) atoms. The van der Waals surface area contributed by atoms with E-state index < -0.39 is 29.0 Å². The molecule has 132 valence electrons. The molecule has 5 aliphatic rings. The van der Waals surface area contributed by atoms with Crippen LogP contribution in [-0.4, -0.2) is 33.9 Å². The van der Waals surface area contributed by atoms with Gasteiger partial charge in [0.25, 0.3) is 0 Å². The summed E-state index contributed by atoms with van der Waals surface area (Å²) in [5.74, 6) is -0.816. The third-order valence-electron chi connectivity index (χ3n) is 8.87. The fourth-order valence-electron chi connectivity index (χ4n) is 8.08. The molecule has 5 rings (SSSR count). The number of carboxylic acid groups (broad SMARTS) is 1. The standard InChI is InChI=1S/C19H26O5/c1-9-7-18-8-10(9)3-4-11(18)19-6-5-12(20)17(2,16(23)24-19)14(19)13(18)15(21)22/h9-14,20H,3-8H2,1-2H3,(H,21,22)/t9-,10+,11?,12-,13+,14+,17-,18-,19-/m0/s1. The molecule has 1 aliphatic heterocycles. The summed E-state index contributed by atoms with van der Waals surface area (Å²) >= 11 is 0. The zero-order chi connectivity index (χ0) is 17.1. The van der Waals surface area contributed by atoms with Gasteiger partial charge in [-0.15, -0.1) is 0 Å². The van der Waals surface area contributed by atoms with E-state index >= 15 is 0 Å². The van der Waals surface area contributed by atoms with Crippen LogP contribution in [0, 0.1) is 40.4 Å². The topological polar surface area (TPSA) is 83.8 Å². The Balaban J connectivity index is 1.74. The van der Waals surface area contributed by atoms with E-state index in [2.05, 4.69) is 6.92 Å². The Bertz CT molecular complexity index is 642. The predicted octanol–water partition coefficient (Wildman–Crippen LogP) is 2.22. The second-order valence-corrected chi connectivity index (χ2v) is 9.48. The Morgan fingerprint density at radius 1 is 1.25 bits per heavy atom. The molecular weight excluding hydrogens is 308 g/mol. The van der Waals surface area contributed by atoms with Crippen LogP contribution in [0.3, 0.4) is 0 Å². The molecule has 0 radical (unpaired) electrons. The van der Waals surface area contributed by atoms with E-state index in [1.807, 2.05) is 0 Å². The van der Waals surface area contributed by atoms with Crippen molar-refractivity contribution in [2.75, 3.05) is 0 Å². The van der Waals surface area contributed by atoms with Gasteiger partial charge in [0.05, 0.1) is 17.4 Å². The molecule has 0 aromatic heterocycles. The first-order valence-electron chi connectivity index (χ1n) is 9.41. The van der Waals surface area contributed by atoms with Crippen molar-refractivity contribution in [2.45, 2.75) is 64.1 Å². The molecule has 9 atom stereocenters. The van der Waals surface area contributed by atoms with Gasteiger partial charge >= 0.3 is 11.9 Å². The maximum absolute atomic E-state index is 12.7. The Kier molecular flexibility index (Phi) is 2.64. The molecule has 1 unspecified atom stereocenters. The number of aliphatic hydroxyl groups is 1. The van der Waals surface area contributed by atoms with E-state index in [1.165, 1.54) is 0 Å². The minimum atomic E-state index is -1.06. The van der Waals surface area contributed by atoms with Crippen molar-refractivity contribution < 1.29 is 24.5 Å². The number of carbonyl (C=O) groups is 2. The van der Waals surface area contributed by atoms with Gasteiger partial charge in [0, 0.05) is 11.8 Å². The van der Waals surface area contributed by atoms with Crippen molar-refractivity contribution >= 4 is 11.9 Å².